The van der Waals surface area contributed by atoms with Crippen LogP contribution in [0.15, 0.2) is 83.4 Å². The molecular weight excluding hydrogens is 622 g/mol. The number of nitrogens with one attached hydrogen (secondary N) is 1. The van der Waals surface area contributed by atoms with E-state index in [1.807, 2.05) is 30.7 Å². The second-order valence-electron chi connectivity index (χ2n) is 10.5. The molecule has 46 heavy (non-hydrogen) atoms. The zero-order valence-electron chi connectivity index (χ0n) is 24.8. The van der Waals surface area contributed by atoms with Crippen LogP contribution in [0.1, 0.15) is 42.5 Å². The molecule has 14 heteroatoms. The lowest BCUT2D eigenvalue weighted by Crippen LogP contribution is -2.28. The summed E-state index contributed by atoms with van der Waals surface area (Å²) in [5, 5.41) is 18.8. The average Bonchev–Trinajstić information content (AvgIpc) is 3.64. The Kier molecular flexibility index (Phi) is 9.33. The first-order chi connectivity index (χ1) is 21.9. The number of ether oxygens (including phenoxy) is 1. The van der Waals surface area contributed by atoms with Crippen LogP contribution in [0.25, 0.3) is 22.8 Å². The first-order valence-electron chi connectivity index (χ1n) is 14.0. The van der Waals surface area contributed by atoms with Crippen molar-refractivity contribution in [1.82, 2.24) is 24.6 Å². The first-order valence-corrected chi connectivity index (χ1v) is 14.9. The quantitative estimate of drug-likeness (QED) is 0.179. The van der Waals surface area contributed by atoms with E-state index in [2.05, 4.69) is 31.2 Å². The summed E-state index contributed by atoms with van der Waals surface area (Å²) < 4.78 is 58.4. The van der Waals surface area contributed by atoms with Crippen molar-refractivity contribution in [3.63, 3.8) is 0 Å². The molecular formula is C32H27F4N7O2S. The normalized spacial score (nSPS) is 12.6. The van der Waals surface area contributed by atoms with Crippen LogP contribution in [0.2, 0.25) is 0 Å². The molecule has 1 N–H and O–H groups in total. The predicted molar refractivity (Wildman–Crippen MR) is 163 cm³/mol. The van der Waals surface area contributed by atoms with Gasteiger partial charge in [-0.1, -0.05) is 38.1 Å². The summed E-state index contributed by atoms with van der Waals surface area (Å²) in [4.78, 5) is 21.8. The molecule has 0 saturated carbocycles. The molecule has 2 heterocycles. The van der Waals surface area contributed by atoms with Crippen molar-refractivity contribution in [2.45, 2.75) is 39.0 Å². The fourth-order valence-electron chi connectivity index (χ4n) is 4.69. The number of nitrogens with zero attached hydrogens (tertiary/aromatic N) is 6. The van der Waals surface area contributed by atoms with E-state index in [9.17, 15) is 27.6 Å². The van der Waals surface area contributed by atoms with E-state index in [0.29, 0.717) is 27.4 Å². The lowest BCUT2D eigenvalue weighted by atomic mass is 9.99. The van der Waals surface area contributed by atoms with E-state index in [0.717, 1.165) is 16.9 Å². The average molecular weight is 650 g/mol. The zero-order chi connectivity index (χ0) is 33.0. The van der Waals surface area contributed by atoms with Crippen molar-refractivity contribution in [2.75, 3.05) is 6.54 Å². The smallest absolute Gasteiger partial charge is 0.406 e. The number of halogens is 4. The van der Waals surface area contributed by atoms with E-state index in [1.165, 1.54) is 58.7 Å². The molecule has 1 atom stereocenters. The Bertz CT molecular complexity index is 1950. The number of hydrogen-bond donors (Lipinski definition) is 1. The predicted octanol–water partition coefficient (Wildman–Crippen LogP) is 7.17. The highest BCUT2D eigenvalue weighted by Crippen LogP contribution is 2.26. The molecule has 5 rings (SSSR count). The van der Waals surface area contributed by atoms with Crippen molar-refractivity contribution in [3.05, 3.63) is 106 Å². The third kappa shape index (κ3) is 7.49. The highest BCUT2D eigenvalue weighted by atomic mass is 32.1. The van der Waals surface area contributed by atoms with E-state index < -0.39 is 18.3 Å². The van der Waals surface area contributed by atoms with Gasteiger partial charge >= 0.3 is 12.4 Å². The molecule has 5 aromatic rings. The Morgan fingerprint density at radius 2 is 1.83 bits per heavy atom. The molecule has 0 aliphatic heterocycles. The van der Waals surface area contributed by atoms with Crippen LogP contribution in [0.4, 0.5) is 22.4 Å². The second-order valence-corrected chi connectivity index (χ2v) is 11.3. The van der Waals surface area contributed by atoms with Gasteiger partial charge in [-0.3, -0.25) is 4.57 Å². The molecule has 0 bridgehead atoms. The van der Waals surface area contributed by atoms with E-state index in [1.54, 1.807) is 30.3 Å². The van der Waals surface area contributed by atoms with Crippen LogP contribution >= 0.6 is 11.3 Å². The number of amides is 2. The summed E-state index contributed by atoms with van der Waals surface area (Å²) in [5.41, 5.74) is 4.15. The molecule has 3 aromatic carbocycles. The van der Waals surface area contributed by atoms with Crippen molar-refractivity contribution in [3.8, 4) is 34.6 Å². The molecule has 0 fully saturated rings. The minimum absolute atomic E-state index is 0.0112. The minimum Gasteiger partial charge on any atom is -0.406 e. The Hall–Kier alpha value is -5.29. The van der Waals surface area contributed by atoms with Gasteiger partial charge in [-0.2, -0.15) is 10.3 Å². The van der Waals surface area contributed by atoms with Gasteiger partial charge < -0.3 is 10.1 Å². The highest BCUT2D eigenvalue weighted by molar-refractivity contribution is 7.07. The maximum Gasteiger partial charge on any atom is 0.573 e. The van der Waals surface area contributed by atoms with Crippen LogP contribution in [0.5, 0.6) is 5.75 Å². The number of aryl methyl sites for hydroxylation is 1. The Morgan fingerprint density at radius 3 is 2.48 bits per heavy atom. The maximum atomic E-state index is 14.0. The summed E-state index contributed by atoms with van der Waals surface area (Å²) in [7, 11) is 0. The van der Waals surface area contributed by atoms with E-state index in [4.69, 9.17) is 0 Å². The molecule has 9 nitrogen and oxygen atoms in total. The van der Waals surface area contributed by atoms with Crippen molar-refractivity contribution in [1.29, 1.82) is 5.26 Å². The zero-order valence-corrected chi connectivity index (χ0v) is 25.6. The first kappa shape index (κ1) is 32.1. The highest BCUT2D eigenvalue weighted by Gasteiger charge is 2.31. The van der Waals surface area contributed by atoms with Gasteiger partial charge in [0.25, 0.3) is 0 Å². The number of hydrogen-bond acceptors (Lipinski definition) is 6. The van der Waals surface area contributed by atoms with Crippen molar-refractivity contribution in [2.24, 2.45) is 4.99 Å². The lowest BCUT2D eigenvalue weighted by Gasteiger charge is -2.15. The molecule has 0 aliphatic carbocycles. The third-order valence-corrected chi connectivity index (χ3v) is 7.88. The van der Waals surface area contributed by atoms with Crippen LogP contribution in [-0.4, -0.2) is 38.3 Å². The number of alkyl halides is 3. The molecule has 0 saturated heterocycles. The van der Waals surface area contributed by atoms with Crippen molar-refractivity contribution < 1.29 is 27.1 Å². The summed E-state index contributed by atoms with van der Waals surface area (Å²) in [5.74, 6) is -0.955. The van der Waals surface area contributed by atoms with Gasteiger partial charge in [0.05, 0.1) is 23.4 Å². The molecule has 2 amide bonds. The number of aromatic nitrogens is 4. The Balaban J connectivity index is 1.26. The van der Waals surface area contributed by atoms with Gasteiger partial charge in [-0.05, 0) is 66.4 Å². The molecule has 1 unspecified atom stereocenters. The van der Waals surface area contributed by atoms with Gasteiger partial charge in [0.2, 0.25) is 0 Å². The van der Waals surface area contributed by atoms with E-state index >= 15 is 0 Å². The fraction of sp³-hybridized carbons (Fsp3) is 0.219. The van der Waals surface area contributed by atoms with Crippen LogP contribution in [0, 0.1) is 24.1 Å². The monoisotopic (exact) mass is 649 g/mol. The molecule has 0 radical (unpaired) electrons. The molecule has 236 valence electrons. The van der Waals surface area contributed by atoms with Gasteiger partial charge in [-0.15, -0.1) is 29.6 Å². The van der Waals surface area contributed by atoms with Gasteiger partial charge in [0, 0.05) is 23.2 Å². The Morgan fingerprint density at radius 1 is 1.11 bits per heavy atom. The topological polar surface area (TPSA) is 110 Å². The molecule has 0 spiro atoms. The largest absolute Gasteiger partial charge is 0.573 e. The lowest BCUT2D eigenvalue weighted by molar-refractivity contribution is -0.274. The van der Waals surface area contributed by atoms with Crippen LogP contribution in [0.3, 0.4) is 0 Å². The number of benzene rings is 3. The molecule has 0 aliphatic rings. The maximum absolute atomic E-state index is 14.0. The summed E-state index contributed by atoms with van der Waals surface area (Å²) in [6, 6.07) is 18.2. The minimum atomic E-state index is -4.78. The number of rotatable bonds is 8. The summed E-state index contributed by atoms with van der Waals surface area (Å²) in [6.07, 6.45) is -3.35. The number of carbonyl (C=O) groups is 1. The molecule has 2 aromatic heterocycles. The Labute approximate surface area is 265 Å². The standard InChI is InChI=1S/C32H27F4N7O2S/c1-19(2)27-14-24(33)8-13-28(27)43-20(3)17-46-31(43)40-30(44)38-16-23(15-37)21-4-6-22(7-5-21)29-39-18-42(41-29)25-9-11-26(12-10-25)45-32(34,35)36/h4-14,17-19,23H,16H2,1-3H3,(H,38,44). The van der Waals surface area contributed by atoms with Crippen LogP contribution in [-0.2, 0) is 0 Å². The number of nitriles is 1. The van der Waals surface area contributed by atoms with E-state index in [-0.39, 0.29) is 24.0 Å². The summed E-state index contributed by atoms with van der Waals surface area (Å²) in [6.45, 7) is 5.82. The SMILES string of the molecule is Cc1csc(=NC(=O)NCC(C#N)c2ccc(-c3ncn(-c4ccc(OC(F)(F)F)cc4)n3)cc2)n1-c1ccc(F)cc1C(C)C. The number of carbonyl (C=O) groups excluding carboxylic acids is 1. The van der Waals surface area contributed by atoms with Crippen LogP contribution < -0.4 is 14.9 Å². The van der Waals surface area contributed by atoms with Gasteiger partial charge in [0.15, 0.2) is 10.6 Å². The second kappa shape index (κ2) is 13.4. The third-order valence-electron chi connectivity index (χ3n) is 6.94. The number of urea groups is 1. The van der Waals surface area contributed by atoms with Gasteiger partial charge in [0.1, 0.15) is 17.9 Å². The van der Waals surface area contributed by atoms with Gasteiger partial charge in [-0.25, -0.2) is 18.9 Å². The summed E-state index contributed by atoms with van der Waals surface area (Å²) >= 11 is 1.28. The fourth-order valence-corrected chi connectivity index (χ4v) is 5.56. The van der Waals surface area contributed by atoms with Crippen molar-refractivity contribution >= 4 is 17.4 Å². The number of thiazole rings is 1.